The highest BCUT2D eigenvalue weighted by molar-refractivity contribution is 5.75. The second kappa shape index (κ2) is 14.0. The number of hydrogen-bond acceptors (Lipinski definition) is 6. The summed E-state index contributed by atoms with van der Waals surface area (Å²) >= 11 is 0. The van der Waals surface area contributed by atoms with Crippen LogP contribution in [0.25, 0.3) is 0 Å². The first-order valence-electron chi connectivity index (χ1n) is 7.19. The van der Waals surface area contributed by atoms with Crippen molar-refractivity contribution in [1.82, 2.24) is 0 Å². The number of aliphatic carboxylic acids is 2. The first-order chi connectivity index (χ1) is 12.0. The van der Waals surface area contributed by atoms with Gasteiger partial charge in [0, 0.05) is 0 Å². The molecule has 0 radical (unpaired) electrons. The van der Waals surface area contributed by atoms with E-state index >= 15 is 0 Å². The van der Waals surface area contributed by atoms with E-state index in [1.165, 1.54) is 0 Å². The van der Waals surface area contributed by atoms with Crippen molar-refractivity contribution in [2.24, 2.45) is 17.4 Å². The van der Waals surface area contributed by atoms with Crippen molar-refractivity contribution < 1.29 is 55.7 Å². The van der Waals surface area contributed by atoms with Crippen LogP contribution in [0.15, 0.2) is 0 Å². The molecule has 0 fully saturated rings. The Kier molecular flexibility index (Phi) is 15.4. The first kappa shape index (κ1) is 29.7. The van der Waals surface area contributed by atoms with Gasteiger partial charge < -0.3 is 26.4 Å². The third-order valence-electron chi connectivity index (χ3n) is 2.07. The van der Waals surface area contributed by atoms with E-state index in [2.05, 4.69) is 0 Å². The number of carboxylic acid groups (broad SMARTS) is 2. The summed E-state index contributed by atoms with van der Waals surface area (Å²) in [5, 5.41) is 14.2. The molecule has 6 N–H and O–H groups in total. The average Bonchev–Trinajstić information content (AvgIpc) is 2.49. The second-order valence-corrected chi connectivity index (χ2v) is 5.17. The summed E-state index contributed by atoms with van der Waals surface area (Å²) in [4.78, 5) is 29.0. The second-order valence-electron chi connectivity index (χ2n) is 5.17. The van der Waals surface area contributed by atoms with Crippen LogP contribution >= 0.6 is 0 Å². The Morgan fingerprint density at radius 2 is 1.30 bits per heavy atom. The van der Waals surface area contributed by atoms with Crippen molar-refractivity contribution in [1.29, 1.82) is 0 Å². The molecule has 0 aromatic heterocycles. The molecule has 0 aliphatic heterocycles. The molecule has 14 heteroatoms. The standard InChI is InChI=1S/C9H20N2O2.2C2HF3O2/c1-7(2)6-13-9(12)8(11)4-3-5-10;2*3-2(4,5)1(6)7/h7-8H,3-6,10-11H2,1-2H3;2*(H,6,7)/t8-;;/m0../s1. The number of carbonyl (C=O) groups is 3. The van der Waals surface area contributed by atoms with Crippen LogP contribution in [0.2, 0.25) is 0 Å². The van der Waals surface area contributed by atoms with E-state index in [1.807, 2.05) is 13.8 Å². The van der Waals surface area contributed by atoms with Crippen LogP contribution in [-0.2, 0) is 19.1 Å². The van der Waals surface area contributed by atoms with Crippen LogP contribution in [0.3, 0.4) is 0 Å². The van der Waals surface area contributed by atoms with Gasteiger partial charge in [-0.15, -0.1) is 0 Å². The summed E-state index contributed by atoms with van der Waals surface area (Å²) < 4.78 is 68.4. The lowest BCUT2D eigenvalue weighted by molar-refractivity contribution is -0.193. The molecular formula is C13H22F6N2O6. The number of nitrogens with two attached hydrogens (primary N) is 2. The number of alkyl halides is 6. The quantitative estimate of drug-likeness (QED) is 0.376. The zero-order valence-corrected chi connectivity index (χ0v) is 14.4. The van der Waals surface area contributed by atoms with E-state index in [0.29, 0.717) is 25.5 Å². The molecule has 0 aromatic rings. The molecule has 0 spiro atoms. The van der Waals surface area contributed by atoms with Crippen molar-refractivity contribution in [3.8, 4) is 0 Å². The van der Waals surface area contributed by atoms with Gasteiger partial charge in [0.2, 0.25) is 0 Å². The molecule has 0 rings (SSSR count). The Bertz CT molecular complexity index is 430. The van der Waals surface area contributed by atoms with Gasteiger partial charge in [-0.05, 0) is 25.3 Å². The van der Waals surface area contributed by atoms with Gasteiger partial charge in [-0.2, -0.15) is 26.3 Å². The van der Waals surface area contributed by atoms with Gasteiger partial charge >= 0.3 is 30.3 Å². The SMILES string of the molecule is CC(C)COC(=O)[C@@H](N)CCCN.O=C(O)C(F)(F)F.O=C(O)C(F)(F)F. The zero-order chi connectivity index (χ0) is 22.4. The summed E-state index contributed by atoms with van der Waals surface area (Å²) in [5.74, 6) is -5.48. The number of halogens is 6. The molecule has 0 heterocycles. The Hall–Kier alpha value is -2.09. The van der Waals surface area contributed by atoms with E-state index in [-0.39, 0.29) is 5.97 Å². The lowest BCUT2D eigenvalue weighted by Crippen LogP contribution is -2.33. The molecule has 0 saturated carbocycles. The van der Waals surface area contributed by atoms with Gasteiger partial charge in [-0.3, -0.25) is 4.79 Å². The van der Waals surface area contributed by atoms with Crippen LogP contribution in [0.5, 0.6) is 0 Å². The van der Waals surface area contributed by atoms with Crippen LogP contribution in [0, 0.1) is 5.92 Å². The van der Waals surface area contributed by atoms with Crippen LogP contribution < -0.4 is 11.5 Å². The Labute approximate surface area is 150 Å². The highest BCUT2D eigenvalue weighted by Crippen LogP contribution is 2.13. The summed E-state index contributed by atoms with van der Waals surface area (Å²) in [6.45, 7) is 4.97. The molecule has 0 aliphatic carbocycles. The summed E-state index contributed by atoms with van der Waals surface area (Å²) in [6.07, 6.45) is -8.80. The normalized spacial score (nSPS) is 12.1. The third kappa shape index (κ3) is 21.9. The molecular weight excluding hydrogens is 394 g/mol. The van der Waals surface area contributed by atoms with Crippen molar-refractivity contribution in [2.75, 3.05) is 13.2 Å². The lowest BCUT2D eigenvalue weighted by atomic mass is 10.2. The predicted molar refractivity (Wildman–Crippen MR) is 79.4 cm³/mol. The van der Waals surface area contributed by atoms with Gasteiger partial charge in [-0.25, -0.2) is 9.59 Å². The maximum absolute atomic E-state index is 11.2. The van der Waals surface area contributed by atoms with E-state index in [4.69, 9.17) is 36.0 Å². The molecule has 1 atom stereocenters. The van der Waals surface area contributed by atoms with E-state index in [9.17, 15) is 31.1 Å². The Morgan fingerprint density at radius 3 is 1.52 bits per heavy atom. The number of rotatable bonds is 6. The van der Waals surface area contributed by atoms with Gasteiger partial charge in [0.25, 0.3) is 0 Å². The monoisotopic (exact) mass is 416 g/mol. The Morgan fingerprint density at radius 1 is 0.963 bits per heavy atom. The maximum atomic E-state index is 11.2. The molecule has 8 nitrogen and oxygen atoms in total. The molecule has 0 aromatic carbocycles. The molecule has 162 valence electrons. The third-order valence-corrected chi connectivity index (χ3v) is 2.07. The summed E-state index contributed by atoms with van der Waals surface area (Å²) in [5.41, 5.74) is 10.9. The topological polar surface area (TPSA) is 153 Å². The minimum Gasteiger partial charge on any atom is -0.475 e. The van der Waals surface area contributed by atoms with Crippen LogP contribution in [0.1, 0.15) is 26.7 Å². The van der Waals surface area contributed by atoms with Crippen molar-refractivity contribution >= 4 is 17.9 Å². The van der Waals surface area contributed by atoms with E-state index in [0.717, 1.165) is 6.42 Å². The molecule has 27 heavy (non-hydrogen) atoms. The predicted octanol–water partition coefficient (Wildman–Crippen LogP) is 1.52. The number of carboxylic acids is 2. The van der Waals surface area contributed by atoms with Crippen molar-refractivity contribution in [2.45, 2.75) is 45.1 Å². The van der Waals surface area contributed by atoms with Gasteiger partial charge in [-0.1, -0.05) is 13.8 Å². The smallest absolute Gasteiger partial charge is 0.475 e. The first-order valence-corrected chi connectivity index (χ1v) is 7.19. The summed E-state index contributed by atoms with van der Waals surface area (Å²) in [7, 11) is 0. The molecule has 0 bridgehead atoms. The van der Waals surface area contributed by atoms with Crippen molar-refractivity contribution in [3.63, 3.8) is 0 Å². The van der Waals surface area contributed by atoms with Gasteiger partial charge in [0.1, 0.15) is 6.04 Å². The molecule has 0 unspecified atom stereocenters. The lowest BCUT2D eigenvalue weighted by Gasteiger charge is -2.12. The Balaban J connectivity index is -0.000000350. The number of carbonyl (C=O) groups excluding carboxylic acids is 1. The minimum atomic E-state index is -5.08. The van der Waals surface area contributed by atoms with Gasteiger partial charge in [0.05, 0.1) is 6.61 Å². The number of hydrogen-bond donors (Lipinski definition) is 4. The molecule has 0 saturated heterocycles. The average molecular weight is 416 g/mol. The number of ether oxygens (including phenoxy) is 1. The summed E-state index contributed by atoms with van der Waals surface area (Å²) in [6, 6.07) is -0.512. The zero-order valence-electron chi connectivity index (χ0n) is 14.4. The minimum absolute atomic E-state index is 0.317. The van der Waals surface area contributed by atoms with E-state index in [1.54, 1.807) is 0 Å². The van der Waals surface area contributed by atoms with Crippen LogP contribution in [0.4, 0.5) is 26.3 Å². The van der Waals surface area contributed by atoms with Gasteiger partial charge in [0.15, 0.2) is 0 Å². The molecule has 0 amide bonds. The highest BCUT2D eigenvalue weighted by atomic mass is 19.4. The fourth-order valence-electron chi connectivity index (χ4n) is 0.811. The fourth-order valence-corrected chi connectivity index (χ4v) is 0.811. The largest absolute Gasteiger partial charge is 0.490 e. The van der Waals surface area contributed by atoms with Crippen LogP contribution in [-0.4, -0.2) is 59.7 Å². The fraction of sp³-hybridized carbons (Fsp3) is 0.769. The van der Waals surface area contributed by atoms with E-state index < -0.39 is 30.3 Å². The molecule has 0 aliphatic rings. The highest BCUT2D eigenvalue weighted by Gasteiger charge is 2.38. The number of esters is 1. The van der Waals surface area contributed by atoms with Crippen molar-refractivity contribution in [3.05, 3.63) is 0 Å². The maximum Gasteiger partial charge on any atom is 0.490 e.